The fourth-order valence-electron chi connectivity index (χ4n) is 1.47. The summed E-state index contributed by atoms with van der Waals surface area (Å²) in [5.74, 6) is 1.13. The number of hydrogen-bond donors (Lipinski definition) is 2. The van der Waals surface area contributed by atoms with Gasteiger partial charge in [-0.1, -0.05) is 30.3 Å². The molecule has 19 heavy (non-hydrogen) atoms. The maximum atomic E-state index is 11.5. The molecule has 5 heteroatoms. The van der Waals surface area contributed by atoms with E-state index in [0.29, 0.717) is 5.75 Å². The highest BCUT2D eigenvalue weighted by molar-refractivity contribution is 7.99. The van der Waals surface area contributed by atoms with E-state index in [2.05, 4.69) is 15.5 Å². The molecule has 1 heterocycles. The summed E-state index contributed by atoms with van der Waals surface area (Å²) in [6.07, 6.45) is 3.39. The molecular formula is C14H15N3OS. The minimum Gasteiger partial charge on any atom is -0.360 e. The largest absolute Gasteiger partial charge is 0.360 e. The summed E-state index contributed by atoms with van der Waals surface area (Å²) in [6.45, 7) is 0. The Kier molecular flexibility index (Phi) is 5.25. The van der Waals surface area contributed by atoms with Crippen LogP contribution in [-0.4, -0.2) is 22.9 Å². The molecule has 1 aromatic carbocycles. The monoisotopic (exact) mass is 273 g/mol. The van der Waals surface area contributed by atoms with Gasteiger partial charge >= 0.3 is 0 Å². The highest BCUT2D eigenvalue weighted by Crippen LogP contribution is 2.10. The number of H-pyrrole nitrogens is 1. The molecule has 98 valence electrons. The third kappa shape index (κ3) is 5.01. The maximum Gasteiger partial charge on any atom is 0.250 e. The predicted molar refractivity (Wildman–Crippen MR) is 79.1 cm³/mol. The summed E-state index contributed by atoms with van der Waals surface area (Å²) < 4.78 is 0. The molecule has 0 aliphatic rings. The first-order chi connectivity index (χ1) is 9.34. The van der Waals surface area contributed by atoms with Crippen LogP contribution in [0.4, 0.5) is 0 Å². The number of aromatic amines is 1. The van der Waals surface area contributed by atoms with Gasteiger partial charge in [0.25, 0.3) is 0 Å². The average Bonchev–Trinajstić information content (AvgIpc) is 2.93. The first kappa shape index (κ1) is 13.4. The Balaban J connectivity index is 1.65. The van der Waals surface area contributed by atoms with E-state index in [1.165, 1.54) is 5.56 Å². The van der Waals surface area contributed by atoms with E-state index in [4.69, 9.17) is 0 Å². The standard InChI is InChI=1S/C14H15N3OS/c18-14(17-16-9-13-7-4-8-15-13)11-19-10-12-5-2-1-3-6-12/h1-9,15H,10-11H2,(H,17,18)/b16-9+. The molecule has 0 spiro atoms. The summed E-state index contributed by atoms with van der Waals surface area (Å²) in [4.78, 5) is 14.5. The molecule has 0 fully saturated rings. The second-order valence-electron chi connectivity index (χ2n) is 3.90. The first-order valence-corrected chi connectivity index (χ1v) is 7.07. The van der Waals surface area contributed by atoms with Gasteiger partial charge in [-0.05, 0) is 17.7 Å². The van der Waals surface area contributed by atoms with Crippen LogP contribution in [0.25, 0.3) is 0 Å². The van der Waals surface area contributed by atoms with Crippen molar-refractivity contribution in [3.63, 3.8) is 0 Å². The van der Waals surface area contributed by atoms with Crippen LogP contribution in [0.3, 0.4) is 0 Å². The van der Waals surface area contributed by atoms with E-state index in [0.717, 1.165) is 11.4 Å². The number of benzene rings is 1. The minimum absolute atomic E-state index is 0.0938. The molecule has 2 aromatic rings. The number of hydrogen-bond acceptors (Lipinski definition) is 3. The zero-order valence-electron chi connectivity index (χ0n) is 10.4. The lowest BCUT2D eigenvalue weighted by Gasteiger charge is -2.00. The van der Waals surface area contributed by atoms with Crippen molar-refractivity contribution in [1.82, 2.24) is 10.4 Å². The number of thioether (sulfide) groups is 1. The normalized spacial score (nSPS) is 10.7. The summed E-state index contributed by atoms with van der Waals surface area (Å²) in [6, 6.07) is 13.8. The molecule has 0 aliphatic heterocycles. The Hall–Kier alpha value is -2.01. The molecule has 0 bridgehead atoms. The number of hydrazone groups is 1. The fourth-order valence-corrected chi connectivity index (χ4v) is 2.25. The van der Waals surface area contributed by atoms with Crippen LogP contribution in [-0.2, 0) is 10.5 Å². The number of carbonyl (C=O) groups excluding carboxylic acids is 1. The molecule has 0 atom stereocenters. The summed E-state index contributed by atoms with van der Waals surface area (Å²) in [5.41, 5.74) is 4.57. The number of amides is 1. The molecule has 2 N–H and O–H groups in total. The van der Waals surface area contributed by atoms with Gasteiger partial charge in [0.05, 0.1) is 17.7 Å². The van der Waals surface area contributed by atoms with Crippen LogP contribution in [0.2, 0.25) is 0 Å². The third-order valence-electron chi connectivity index (χ3n) is 2.36. The molecule has 0 radical (unpaired) electrons. The van der Waals surface area contributed by atoms with Crippen LogP contribution in [0.5, 0.6) is 0 Å². The number of aromatic nitrogens is 1. The number of nitrogens with zero attached hydrogens (tertiary/aromatic N) is 1. The van der Waals surface area contributed by atoms with Crippen molar-refractivity contribution in [2.75, 3.05) is 5.75 Å². The van der Waals surface area contributed by atoms with Crippen LogP contribution in [0.1, 0.15) is 11.3 Å². The Morgan fingerprint density at radius 3 is 2.84 bits per heavy atom. The molecule has 0 saturated carbocycles. The van der Waals surface area contributed by atoms with E-state index in [9.17, 15) is 4.79 Å². The van der Waals surface area contributed by atoms with Crippen molar-refractivity contribution in [1.29, 1.82) is 0 Å². The highest BCUT2D eigenvalue weighted by Gasteiger charge is 2.00. The summed E-state index contributed by atoms with van der Waals surface area (Å²) >= 11 is 1.57. The van der Waals surface area contributed by atoms with Gasteiger partial charge in [-0.2, -0.15) is 5.10 Å². The quantitative estimate of drug-likeness (QED) is 0.627. The first-order valence-electron chi connectivity index (χ1n) is 5.91. The van der Waals surface area contributed by atoms with Crippen molar-refractivity contribution in [3.05, 3.63) is 59.9 Å². The lowest BCUT2D eigenvalue weighted by molar-refractivity contribution is -0.118. The van der Waals surface area contributed by atoms with Crippen molar-refractivity contribution in [2.24, 2.45) is 5.10 Å². The van der Waals surface area contributed by atoms with E-state index in [1.54, 1.807) is 24.2 Å². The van der Waals surface area contributed by atoms with Gasteiger partial charge in [0.15, 0.2) is 0 Å². The van der Waals surface area contributed by atoms with E-state index < -0.39 is 0 Å². The van der Waals surface area contributed by atoms with Gasteiger partial charge in [0, 0.05) is 11.9 Å². The van der Waals surface area contributed by atoms with Crippen molar-refractivity contribution in [3.8, 4) is 0 Å². The van der Waals surface area contributed by atoms with Crippen molar-refractivity contribution < 1.29 is 4.79 Å². The lowest BCUT2D eigenvalue weighted by atomic mass is 10.2. The Morgan fingerprint density at radius 2 is 2.11 bits per heavy atom. The molecule has 2 rings (SSSR count). The summed E-state index contributed by atoms with van der Waals surface area (Å²) in [7, 11) is 0. The smallest absolute Gasteiger partial charge is 0.250 e. The van der Waals surface area contributed by atoms with E-state index >= 15 is 0 Å². The Bertz CT molecular complexity index is 523. The second-order valence-corrected chi connectivity index (χ2v) is 4.88. The van der Waals surface area contributed by atoms with Gasteiger partial charge in [-0.3, -0.25) is 4.79 Å². The SMILES string of the molecule is O=C(CSCc1ccccc1)N/N=C/c1ccc[nH]1. The van der Waals surface area contributed by atoms with E-state index in [1.807, 2.05) is 42.5 Å². The predicted octanol–water partition coefficient (Wildman–Crippen LogP) is 2.40. The van der Waals surface area contributed by atoms with Gasteiger partial charge < -0.3 is 4.98 Å². The van der Waals surface area contributed by atoms with E-state index in [-0.39, 0.29) is 5.91 Å². The van der Waals surface area contributed by atoms with Crippen LogP contribution in [0, 0.1) is 0 Å². The Labute approximate surface area is 116 Å². The number of carbonyl (C=O) groups is 1. The molecular weight excluding hydrogens is 258 g/mol. The number of rotatable bonds is 6. The Morgan fingerprint density at radius 1 is 1.26 bits per heavy atom. The molecule has 1 aromatic heterocycles. The second kappa shape index (κ2) is 7.43. The van der Waals surface area contributed by atoms with Gasteiger partial charge in [0.1, 0.15) is 0 Å². The van der Waals surface area contributed by atoms with Gasteiger partial charge in [-0.25, -0.2) is 5.43 Å². The molecule has 0 saturated heterocycles. The molecule has 1 amide bonds. The van der Waals surface area contributed by atoms with Crippen molar-refractivity contribution >= 4 is 23.9 Å². The fraction of sp³-hybridized carbons (Fsp3) is 0.143. The molecule has 4 nitrogen and oxygen atoms in total. The van der Waals surface area contributed by atoms with Crippen LogP contribution < -0.4 is 5.43 Å². The van der Waals surface area contributed by atoms with Gasteiger partial charge in [0.2, 0.25) is 5.91 Å². The molecule has 0 unspecified atom stereocenters. The highest BCUT2D eigenvalue weighted by atomic mass is 32.2. The van der Waals surface area contributed by atoms with Crippen LogP contribution >= 0.6 is 11.8 Å². The molecule has 0 aliphatic carbocycles. The summed E-state index contributed by atoms with van der Waals surface area (Å²) in [5, 5.41) is 3.87. The van der Waals surface area contributed by atoms with Crippen molar-refractivity contribution in [2.45, 2.75) is 5.75 Å². The topological polar surface area (TPSA) is 57.2 Å². The van der Waals surface area contributed by atoms with Gasteiger partial charge in [-0.15, -0.1) is 11.8 Å². The third-order valence-corrected chi connectivity index (χ3v) is 3.36. The van der Waals surface area contributed by atoms with Crippen LogP contribution in [0.15, 0.2) is 53.8 Å². The maximum absolute atomic E-state index is 11.5. The number of nitrogens with one attached hydrogen (secondary N) is 2. The zero-order valence-corrected chi connectivity index (χ0v) is 11.2. The zero-order chi connectivity index (χ0) is 13.3. The minimum atomic E-state index is -0.0938. The average molecular weight is 273 g/mol. The lowest BCUT2D eigenvalue weighted by Crippen LogP contribution is -2.19.